The molecule has 31 heavy (non-hydrogen) atoms. The lowest BCUT2D eigenvalue weighted by molar-refractivity contribution is 0.0295. The Balaban J connectivity index is 1.91. The number of sulfonamides is 1. The van der Waals surface area contributed by atoms with Gasteiger partial charge >= 0.3 is 0 Å². The summed E-state index contributed by atoms with van der Waals surface area (Å²) in [5.74, 6) is -0.257. The number of hydrogen-bond acceptors (Lipinski definition) is 5. The fourth-order valence-corrected chi connectivity index (χ4v) is 4.77. The van der Waals surface area contributed by atoms with Crippen molar-refractivity contribution in [2.24, 2.45) is 0 Å². The lowest BCUT2D eigenvalue weighted by Crippen LogP contribution is -2.44. The highest BCUT2D eigenvalue weighted by Crippen LogP contribution is 2.24. The fourth-order valence-electron chi connectivity index (χ4n) is 3.69. The monoisotopic (exact) mass is 441 g/mol. The Morgan fingerprint density at radius 3 is 2.61 bits per heavy atom. The zero-order chi connectivity index (χ0) is 22.4. The molecule has 164 valence electrons. The summed E-state index contributed by atoms with van der Waals surface area (Å²) in [5, 5.41) is 9.03. The molecule has 1 N–H and O–H groups in total. The molecular weight excluding hydrogens is 414 g/mol. The van der Waals surface area contributed by atoms with E-state index in [1.54, 1.807) is 36.1 Å². The molecule has 3 rings (SSSR count). The number of rotatable bonds is 7. The Morgan fingerprint density at radius 2 is 1.94 bits per heavy atom. The van der Waals surface area contributed by atoms with E-state index < -0.39 is 10.0 Å². The number of nitrogens with zero attached hydrogens (tertiary/aromatic N) is 2. The number of hydrogen-bond donors (Lipinski definition) is 1. The summed E-state index contributed by atoms with van der Waals surface area (Å²) in [4.78, 5) is 15.1. The van der Waals surface area contributed by atoms with Crippen molar-refractivity contribution < 1.29 is 17.9 Å². The molecule has 0 radical (unpaired) electrons. The first kappa shape index (κ1) is 22.8. The molecule has 0 bridgehead atoms. The van der Waals surface area contributed by atoms with Crippen LogP contribution in [0.25, 0.3) is 0 Å². The first-order chi connectivity index (χ1) is 14.8. The van der Waals surface area contributed by atoms with Gasteiger partial charge in [0.2, 0.25) is 0 Å². The van der Waals surface area contributed by atoms with Crippen molar-refractivity contribution >= 4 is 21.6 Å². The van der Waals surface area contributed by atoms with Gasteiger partial charge in [0.05, 0.1) is 17.4 Å². The summed E-state index contributed by atoms with van der Waals surface area (Å²) in [5.41, 5.74) is 2.42. The van der Waals surface area contributed by atoms with Gasteiger partial charge in [-0.05, 0) is 62.1 Å². The Kier molecular flexibility index (Phi) is 7.31. The molecule has 1 amide bonds. The molecule has 7 nitrogen and oxygen atoms in total. The molecule has 1 aliphatic rings. The van der Waals surface area contributed by atoms with Crippen LogP contribution >= 0.6 is 0 Å². The minimum absolute atomic E-state index is 0.0233. The molecule has 1 heterocycles. The SMILES string of the molecule is Cc1cccc(NS(=O)(=O)c2ccc(C)c(C(=O)N(CCC#N)C3CCOCC3)c2)c1. The zero-order valence-corrected chi connectivity index (χ0v) is 18.6. The van der Waals surface area contributed by atoms with Gasteiger partial charge in [0.15, 0.2) is 0 Å². The van der Waals surface area contributed by atoms with E-state index >= 15 is 0 Å². The number of benzene rings is 2. The average molecular weight is 442 g/mol. The number of aryl methyl sites for hydroxylation is 2. The molecule has 2 aromatic rings. The molecule has 1 fully saturated rings. The fraction of sp³-hybridized carbons (Fsp3) is 0.391. The first-order valence-corrected chi connectivity index (χ1v) is 11.8. The Labute approximate surface area is 183 Å². The summed E-state index contributed by atoms with van der Waals surface area (Å²) in [6.45, 7) is 5.10. The van der Waals surface area contributed by atoms with Crippen molar-refractivity contribution in [3.63, 3.8) is 0 Å². The maximum Gasteiger partial charge on any atom is 0.261 e. The van der Waals surface area contributed by atoms with Gasteiger partial charge in [0.1, 0.15) is 0 Å². The zero-order valence-electron chi connectivity index (χ0n) is 17.8. The van der Waals surface area contributed by atoms with Crippen LogP contribution in [0.2, 0.25) is 0 Å². The van der Waals surface area contributed by atoms with Crippen LogP contribution < -0.4 is 4.72 Å². The standard InChI is InChI=1S/C23H27N3O4S/c1-17-5-3-6-19(15-17)25-31(28,29)21-8-7-18(2)22(16-21)23(27)26(12-4-11-24)20-9-13-30-14-10-20/h3,5-8,15-16,20,25H,4,9-10,12-14H2,1-2H3. The maximum absolute atomic E-state index is 13.4. The van der Waals surface area contributed by atoms with Crippen molar-refractivity contribution in [3.05, 3.63) is 59.2 Å². The number of carbonyl (C=O) groups is 1. The van der Waals surface area contributed by atoms with Crippen molar-refractivity contribution in [1.29, 1.82) is 5.26 Å². The number of amides is 1. The number of anilines is 1. The van der Waals surface area contributed by atoms with E-state index in [4.69, 9.17) is 10.00 Å². The van der Waals surface area contributed by atoms with Gasteiger partial charge in [-0.1, -0.05) is 18.2 Å². The van der Waals surface area contributed by atoms with Gasteiger partial charge in [-0.25, -0.2) is 8.42 Å². The Hall–Kier alpha value is -2.89. The molecule has 0 aliphatic carbocycles. The third-order valence-corrected chi connectivity index (χ3v) is 6.76. The topological polar surface area (TPSA) is 99.5 Å². The molecule has 0 atom stereocenters. The highest BCUT2D eigenvalue weighted by molar-refractivity contribution is 7.92. The molecule has 0 aromatic heterocycles. The van der Waals surface area contributed by atoms with Gasteiger partial charge in [-0.2, -0.15) is 5.26 Å². The van der Waals surface area contributed by atoms with E-state index in [2.05, 4.69) is 10.8 Å². The smallest absolute Gasteiger partial charge is 0.261 e. The summed E-state index contributed by atoms with van der Waals surface area (Å²) < 4.78 is 33.9. The molecule has 0 unspecified atom stereocenters. The molecule has 8 heteroatoms. The Morgan fingerprint density at radius 1 is 1.19 bits per heavy atom. The molecule has 1 saturated heterocycles. The van der Waals surface area contributed by atoms with E-state index in [-0.39, 0.29) is 23.3 Å². The normalized spacial score (nSPS) is 14.6. The van der Waals surface area contributed by atoms with Gasteiger partial charge in [-0.15, -0.1) is 0 Å². The number of carbonyl (C=O) groups excluding carboxylic acids is 1. The van der Waals surface area contributed by atoms with E-state index in [0.29, 0.717) is 49.4 Å². The third kappa shape index (κ3) is 5.63. The third-order valence-electron chi connectivity index (χ3n) is 5.38. The largest absolute Gasteiger partial charge is 0.381 e. The van der Waals surface area contributed by atoms with Crippen LogP contribution in [0, 0.1) is 25.2 Å². The number of nitriles is 1. The van der Waals surface area contributed by atoms with E-state index in [1.807, 2.05) is 13.0 Å². The van der Waals surface area contributed by atoms with Crippen molar-refractivity contribution in [1.82, 2.24) is 4.90 Å². The van der Waals surface area contributed by atoms with Crippen LogP contribution in [0.1, 0.15) is 40.7 Å². The Bertz CT molecular complexity index is 1090. The second-order valence-electron chi connectivity index (χ2n) is 7.70. The van der Waals surface area contributed by atoms with Crippen LogP contribution in [0.15, 0.2) is 47.4 Å². The maximum atomic E-state index is 13.4. The molecule has 1 aliphatic heterocycles. The van der Waals surface area contributed by atoms with Crippen LogP contribution in [0.5, 0.6) is 0 Å². The van der Waals surface area contributed by atoms with Crippen LogP contribution in [0.3, 0.4) is 0 Å². The lowest BCUT2D eigenvalue weighted by Gasteiger charge is -2.34. The molecule has 2 aromatic carbocycles. The highest BCUT2D eigenvalue weighted by Gasteiger charge is 2.28. The molecule has 0 spiro atoms. The van der Waals surface area contributed by atoms with Gasteiger partial charge in [0.25, 0.3) is 15.9 Å². The minimum Gasteiger partial charge on any atom is -0.381 e. The van der Waals surface area contributed by atoms with Crippen molar-refractivity contribution in [2.75, 3.05) is 24.5 Å². The average Bonchev–Trinajstić information content (AvgIpc) is 2.74. The van der Waals surface area contributed by atoms with Crippen molar-refractivity contribution in [2.45, 2.75) is 44.0 Å². The minimum atomic E-state index is -3.86. The first-order valence-electron chi connectivity index (χ1n) is 10.3. The number of nitrogens with one attached hydrogen (secondary N) is 1. The summed E-state index contributed by atoms with van der Waals surface area (Å²) in [6.07, 6.45) is 1.61. The predicted octanol–water partition coefficient (Wildman–Crippen LogP) is 3.64. The summed E-state index contributed by atoms with van der Waals surface area (Å²) in [7, 11) is -3.86. The van der Waals surface area contributed by atoms with E-state index in [9.17, 15) is 13.2 Å². The van der Waals surface area contributed by atoms with Crippen LogP contribution in [-0.2, 0) is 14.8 Å². The van der Waals surface area contributed by atoms with E-state index in [0.717, 1.165) is 5.56 Å². The van der Waals surface area contributed by atoms with Gasteiger partial charge in [-0.3, -0.25) is 9.52 Å². The van der Waals surface area contributed by atoms with Crippen LogP contribution in [0.4, 0.5) is 5.69 Å². The van der Waals surface area contributed by atoms with Gasteiger partial charge < -0.3 is 9.64 Å². The van der Waals surface area contributed by atoms with Crippen LogP contribution in [-0.4, -0.2) is 45.0 Å². The number of ether oxygens (including phenoxy) is 1. The quantitative estimate of drug-likeness (QED) is 0.707. The van der Waals surface area contributed by atoms with Gasteiger partial charge in [0, 0.05) is 37.1 Å². The molecule has 0 saturated carbocycles. The lowest BCUT2D eigenvalue weighted by atomic mass is 10.0. The second-order valence-corrected chi connectivity index (χ2v) is 9.38. The van der Waals surface area contributed by atoms with E-state index in [1.165, 1.54) is 12.1 Å². The highest BCUT2D eigenvalue weighted by atomic mass is 32.2. The molecular formula is C23H27N3O4S. The van der Waals surface area contributed by atoms with Crippen molar-refractivity contribution in [3.8, 4) is 6.07 Å². The summed E-state index contributed by atoms with van der Waals surface area (Å²) in [6, 6.07) is 13.7. The predicted molar refractivity (Wildman–Crippen MR) is 118 cm³/mol. The second kappa shape index (κ2) is 9.94. The summed E-state index contributed by atoms with van der Waals surface area (Å²) >= 11 is 0.